The molecular weight excluding hydrogens is 392 g/mol. The average molecular weight is 400 g/mol. The first kappa shape index (κ1) is 14.7. The van der Waals surface area contributed by atoms with Crippen molar-refractivity contribution >= 4 is 43.4 Å². The van der Waals surface area contributed by atoms with Crippen molar-refractivity contribution in [2.24, 2.45) is 0 Å². The fraction of sp³-hybridized carbons (Fsp3) is 0. The summed E-state index contributed by atoms with van der Waals surface area (Å²) in [6, 6.07) is 8.12. The lowest BCUT2D eigenvalue weighted by Crippen LogP contribution is -2.14. The Morgan fingerprint density at radius 1 is 0.700 bits per heavy atom. The number of hydrogen-bond acceptors (Lipinski definition) is 4. The molecule has 0 aromatic heterocycles. The lowest BCUT2D eigenvalue weighted by Gasteiger charge is -2.04. The first-order valence-corrected chi connectivity index (χ1v) is 7.03. The Morgan fingerprint density at radius 3 is 1.35 bits per heavy atom. The Kier molecular flexibility index (Phi) is 4.25. The van der Waals surface area contributed by atoms with Gasteiger partial charge in [0.1, 0.15) is 11.5 Å². The molecule has 2 aromatic carbocycles. The van der Waals surface area contributed by atoms with Crippen LogP contribution in [0.15, 0.2) is 45.3 Å². The number of ketones is 2. The highest BCUT2D eigenvalue weighted by atomic mass is 79.9. The van der Waals surface area contributed by atoms with Crippen LogP contribution in [0, 0.1) is 0 Å². The summed E-state index contributed by atoms with van der Waals surface area (Å²) in [5.41, 5.74) is 0.141. The number of carbonyl (C=O) groups is 2. The minimum Gasteiger partial charge on any atom is -0.508 e. The van der Waals surface area contributed by atoms with Crippen molar-refractivity contribution in [2.75, 3.05) is 0 Å². The largest absolute Gasteiger partial charge is 0.508 e. The molecule has 4 nitrogen and oxygen atoms in total. The number of rotatable bonds is 3. The predicted octanol–water partition coefficient (Wildman–Crippen LogP) is 3.69. The van der Waals surface area contributed by atoms with E-state index in [0.717, 1.165) is 0 Å². The van der Waals surface area contributed by atoms with E-state index >= 15 is 0 Å². The molecule has 2 rings (SSSR count). The van der Waals surface area contributed by atoms with Crippen molar-refractivity contribution in [1.29, 1.82) is 0 Å². The molecule has 0 aliphatic rings. The van der Waals surface area contributed by atoms with Crippen LogP contribution < -0.4 is 0 Å². The van der Waals surface area contributed by atoms with E-state index in [9.17, 15) is 19.8 Å². The van der Waals surface area contributed by atoms with Gasteiger partial charge < -0.3 is 10.2 Å². The van der Waals surface area contributed by atoms with Crippen molar-refractivity contribution in [1.82, 2.24) is 0 Å². The number of Topliss-reactive ketones (excluding diaryl/α,β-unsaturated/α-hetero) is 2. The highest BCUT2D eigenvalue weighted by molar-refractivity contribution is 9.10. The second-order valence-corrected chi connectivity index (χ2v) is 5.89. The Hall–Kier alpha value is -1.66. The van der Waals surface area contributed by atoms with Gasteiger partial charge in [0.2, 0.25) is 11.6 Å². The van der Waals surface area contributed by atoms with Crippen molar-refractivity contribution < 1.29 is 19.8 Å². The Balaban J connectivity index is 2.39. The van der Waals surface area contributed by atoms with E-state index < -0.39 is 11.6 Å². The maximum atomic E-state index is 12.1. The molecule has 0 radical (unpaired) electrons. The third-order valence-corrected chi connectivity index (χ3v) is 3.41. The van der Waals surface area contributed by atoms with Gasteiger partial charge in [-0.05, 0) is 36.4 Å². The second-order valence-electron chi connectivity index (χ2n) is 4.05. The third-order valence-electron chi connectivity index (χ3n) is 2.50. The number of phenols is 2. The van der Waals surface area contributed by atoms with Crippen LogP contribution in [0.1, 0.15) is 20.7 Å². The van der Waals surface area contributed by atoms with E-state index in [1.807, 2.05) is 0 Å². The summed E-state index contributed by atoms with van der Waals surface area (Å²) >= 11 is 6.28. The minimum absolute atomic E-state index is 0.0707. The van der Waals surface area contributed by atoms with E-state index in [2.05, 4.69) is 31.9 Å². The summed E-state index contributed by atoms with van der Waals surface area (Å²) in [5, 5.41) is 18.9. The molecular formula is C14H8Br2O4. The van der Waals surface area contributed by atoms with Crippen molar-refractivity contribution in [3.05, 3.63) is 56.5 Å². The van der Waals surface area contributed by atoms with Gasteiger partial charge in [-0.1, -0.05) is 31.9 Å². The summed E-state index contributed by atoms with van der Waals surface area (Å²) in [6.07, 6.45) is 0. The first-order valence-electron chi connectivity index (χ1n) is 5.45. The van der Waals surface area contributed by atoms with Crippen molar-refractivity contribution in [3.8, 4) is 11.5 Å². The van der Waals surface area contributed by atoms with Gasteiger partial charge in [0.15, 0.2) is 0 Å². The number of benzene rings is 2. The third kappa shape index (κ3) is 3.26. The lowest BCUT2D eigenvalue weighted by molar-refractivity contribution is 0.0816. The molecule has 0 fully saturated rings. The normalized spacial score (nSPS) is 10.3. The summed E-state index contributed by atoms with van der Waals surface area (Å²) in [6.45, 7) is 0. The molecule has 0 saturated heterocycles. The van der Waals surface area contributed by atoms with Gasteiger partial charge in [-0.3, -0.25) is 9.59 Å². The van der Waals surface area contributed by atoms with Gasteiger partial charge in [-0.25, -0.2) is 0 Å². The maximum Gasteiger partial charge on any atom is 0.233 e. The zero-order valence-corrected chi connectivity index (χ0v) is 13.1. The lowest BCUT2D eigenvalue weighted by atomic mass is 10.0. The predicted molar refractivity (Wildman–Crippen MR) is 80.3 cm³/mol. The Labute approximate surface area is 131 Å². The monoisotopic (exact) mass is 398 g/mol. The highest BCUT2D eigenvalue weighted by Crippen LogP contribution is 2.24. The molecule has 0 aliphatic carbocycles. The molecule has 0 bridgehead atoms. The molecule has 0 spiro atoms. The van der Waals surface area contributed by atoms with Crippen LogP contribution in [0.3, 0.4) is 0 Å². The van der Waals surface area contributed by atoms with Gasteiger partial charge in [-0.2, -0.15) is 0 Å². The van der Waals surface area contributed by atoms with E-state index in [4.69, 9.17) is 0 Å². The van der Waals surface area contributed by atoms with Gasteiger partial charge in [0.25, 0.3) is 0 Å². The van der Waals surface area contributed by atoms with Crippen LogP contribution in [0.25, 0.3) is 0 Å². The topological polar surface area (TPSA) is 74.6 Å². The van der Waals surface area contributed by atoms with E-state index in [0.29, 0.717) is 8.95 Å². The molecule has 6 heteroatoms. The van der Waals surface area contributed by atoms with Crippen LogP contribution in [0.5, 0.6) is 11.5 Å². The number of phenolic OH excluding ortho intramolecular Hbond substituents is 2. The fourth-order valence-corrected chi connectivity index (χ4v) is 2.64. The SMILES string of the molecule is O=C(C(=O)c1cc(O)cc(Br)c1)c1cc(O)cc(Br)c1. The molecule has 0 amide bonds. The Morgan fingerprint density at radius 2 is 1.05 bits per heavy atom. The molecule has 0 atom stereocenters. The smallest absolute Gasteiger partial charge is 0.233 e. The van der Waals surface area contributed by atoms with E-state index in [1.54, 1.807) is 0 Å². The van der Waals surface area contributed by atoms with Crippen LogP contribution in [0.2, 0.25) is 0 Å². The molecule has 2 aromatic rings. The molecule has 0 saturated carbocycles. The van der Waals surface area contributed by atoms with Crippen molar-refractivity contribution in [3.63, 3.8) is 0 Å². The van der Waals surface area contributed by atoms with Crippen LogP contribution in [-0.2, 0) is 0 Å². The summed E-state index contributed by atoms with van der Waals surface area (Å²) in [7, 11) is 0. The van der Waals surface area contributed by atoms with Gasteiger partial charge in [-0.15, -0.1) is 0 Å². The molecule has 102 valence electrons. The van der Waals surface area contributed by atoms with E-state index in [-0.39, 0.29) is 22.6 Å². The second kappa shape index (κ2) is 5.76. The average Bonchev–Trinajstić information content (AvgIpc) is 2.34. The van der Waals surface area contributed by atoms with Gasteiger partial charge in [0.05, 0.1) is 0 Å². The van der Waals surface area contributed by atoms with Crippen molar-refractivity contribution in [2.45, 2.75) is 0 Å². The number of carbonyl (C=O) groups excluding carboxylic acids is 2. The molecule has 20 heavy (non-hydrogen) atoms. The standard InChI is InChI=1S/C14H8Br2O4/c15-9-1-7(3-11(17)5-9)13(19)14(20)8-2-10(16)6-12(18)4-8/h1-6,17-18H. The minimum atomic E-state index is -0.765. The van der Waals surface area contributed by atoms with E-state index in [1.165, 1.54) is 36.4 Å². The quantitative estimate of drug-likeness (QED) is 0.609. The van der Waals surface area contributed by atoms with Gasteiger partial charge >= 0.3 is 0 Å². The molecule has 0 heterocycles. The molecule has 0 aliphatic heterocycles. The van der Waals surface area contributed by atoms with Crippen LogP contribution >= 0.6 is 31.9 Å². The number of hydrogen-bond donors (Lipinski definition) is 2. The van der Waals surface area contributed by atoms with Crippen LogP contribution in [-0.4, -0.2) is 21.8 Å². The van der Waals surface area contributed by atoms with Gasteiger partial charge in [0, 0.05) is 20.1 Å². The number of halogens is 2. The van der Waals surface area contributed by atoms with Crippen LogP contribution in [0.4, 0.5) is 0 Å². The maximum absolute atomic E-state index is 12.1. The highest BCUT2D eigenvalue weighted by Gasteiger charge is 2.20. The summed E-state index contributed by atoms with van der Waals surface area (Å²) < 4.78 is 0.983. The zero-order valence-electron chi connectivity index (χ0n) is 9.93. The summed E-state index contributed by atoms with van der Waals surface area (Å²) in [4.78, 5) is 24.2. The molecule has 2 N–H and O–H groups in total. The fourth-order valence-electron chi connectivity index (χ4n) is 1.67. The first-order chi connectivity index (χ1) is 9.36. The zero-order chi connectivity index (χ0) is 14.9. The Bertz CT molecular complexity index is 608. The summed E-state index contributed by atoms with van der Waals surface area (Å²) in [5.74, 6) is -1.77. The number of aromatic hydroxyl groups is 2. The molecule has 0 unspecified atom stereocenters.